The zero-order chi connectivity index (χ0) is 13.3. The number of thiazole rings is 1. The van der Waals surface area contributed by atoms with Crippen LogP contribution in [0.2, 0.25) is 0 Å². The Kier molecular flexibility index (Phi) is 3.31. The smallest absolute Gasteiger partial charge is 0.253 e. The Morgan fingerprint density at radius 1 is 1.39 bits per heavy atom. The van der Waals surface area contributed by atoms with Crippen molar-refractivity contribution < 1.29 is 12.8 Å². The topological polar surface area (TPSA) is 72.0 Å². The van der Waals surface area contributed by atoms with Gasteiger partial charge in [0, 0.05) is 11.1 Å². The fourth-order valence-electron chi connectivity index (χ4n) is 1.25. The lowest BCUT2D eigenvalue weighted by molar-refractivity contribution is 0.557. The van der Waals surface area contributed by atoms with Crippen LogP contribution in [0.3, 0.4) is 0 Å². The van der Waals surface area contributed by atoms with E-state index in [1.54, 1.807) is 6.92 Å². The highest BCUT2D eigenvalue weighted by molar-refractivity contribution is 7.92. The van der Waals surface area contributed by atoms with E-state index in [-0.39, 0.29) is 5.13 Å². The van der Waals surface area contributed by atoms with Gasteiger partial charge in [0.25, 0.3) is 10.0 Å². The van der Waals surface area contributed by atoms with Crippen LogP contribution in [0.25, 0.3) is 0 Å². The summed E-state index contributed by atoms with van der Waals surface area (Å²) in [6.45, 7) is 3.59. The minimum Gasteiger partial charge on any atom is -0.253 e. The van der Waals surface area contributed by atoms with Crippen LogP contribution >= 0.6 is 11.3 Å². The molecular formula is C10H10FN3O2S2. The number of hydrogen-bond acceptors (Lipinski definition) is 5. The lowest BCUT2D eigenvalue weighted by atomic mass is 10.4. The molecule has 0 bridgehead atoms. The molecular weight excluding hydrogens is 277 g/mol. The van der Waals surface area contributed by atoms with Gasteiger partial charge in [-0.1, -0.05) is 0 Å². The van der Waals surface area contributed by atoms with Crippen molar-refractivity contribution in [1.82, 2.24) is 9.97 Å². The van der Waals surface area contributed by atoms with E-state index in [4.69, 9.17) is 0 Å². The molecule has 2 heterocycles. The Hall–Kier alpha value is -1.54. The van der Waals surface area contributed by atoms with Crippen LogP contribution in [0.5, 0.6) is 0 Å². The maximum atomic E-state index is 13.4. The van der Waals surface area contributed by atoms with E-state index in [1.807, 2.05) is 6.92 Å². The summed E-state index contributed by atoms with van der Waals surface area (Å²) in [6, 6.07) is 2.37. The highest BCUT2D eigenvalue weighted by Crippen LogP contribution is 2.24. The van der Waals surface area contributed by atoms with Crippen molar-refractivity contribution in [1.29, 1.82) is 0 Å². The third kappa shape index (κ3) is 2.49. The summed E-state index contributed by atoms with van der Waals surface area (Å²) in [5, 5.41) is -0.425. The Balaban J connectivity index is 2.36. The van der Waals surface area contributed by atoms with Crippen molar-refractivity contribution in [3.05, 3.63) is 34.7 Å². The van der Waals surface area contributed by atoms with Crippen LogP contribution in [-0.4, -0.2) is 18.4 Å². The zero-order valence-electron chi connectivity index (χ0n) is 9.64. The van der Waals surface area contributed by atoms with Crippen molar-refractivity contribution >= 4 is 26.5 Å². The molecule has 2 aromatic rings. The van der Waals surface area contributed by atoms with Gasteiger partial charge in [-0.25, -0.2) is 14.4 Å². The van der Waals surface area contributed by atoms with E-state index in [1.165, 1.54) is 23.6 Å². The number of rotatable bonds is 3. The summed E-state index contributed by atoms with van der Waals surface area (Å²) >= 11 is 1.19. The first kappa shape index (κ1) is 12.9. The van der Waals surface area contributed by atoms with Gasteiger partial charge in [0.05, 0.1) is 5.69 Å². The molecule has 0 saturated heterocycles. The van der Waals surface area contributed by atoms with Gasteiger partial charge in [-0.15, -0.1) is 11.3 Å². The maximum absolute atomic E-state index is 13.4. The molecule has 5 nitrogen and oxygen atoms in total. The molecule has 0 aliphatic carbocycles. The number of nitrogens with one attached hydrogen (secondary N) is 1. The highest BCUT2D eigenvalue weighted by Gasteiger charge is 2.22. The summed E-state index contributed by atoms with van der Waals surface area (Å²) in [4.78, 5) is 8.45. The first-order valence-corrected chi connectivity index (χ1v) is 7.27. The molecule has 0 aromatic carbocycles. The number of sulfonamides is 1. The molecule has 96 valence electrons. The molecule has 8 heteroatoms. The van der Waals surface area contributed by atoms with Crippen LogP contribution in [0, 0.1) is 19.7 Å². The molecule has 0 saturated carbocycles. The van der Waals surface area contributed by atoms with Crippen LogP contribution in [-0.2, 0) is 10.0 Å². The van der Waals surface area contributed by atoms with Crippen LogP contribution in [0.15, 0.2) is 23.4 Å². The number of aromatic nitrogens is 2. The number of halogens is 1. The monoisotopic (exact) mass is 287 g/mol. The van der Waals surface area contributed by atoms with Crippen molar-refractivity contribution in [2.75, 3.05) is 4.72 Å². The van der Waals surface area contributed by atoms with Crippen LogP contribution in [0.1, 0.15) is 10.6 Å². The summed E-state index contributed by atoms with van der Waals surface area (Å²) in [5.74, 6) is -0.894. The average molecular weight is 287 g/mol. The second-order valence-electron chi connectivity index (χ2n) is 3.56. The summed E-state index contributed by atoms with van der Waals surface area (Å²) in [7, 11) is -4.04. The number of anilines is 1. The van der Waals surface area contributed by atoms with Gasteiger partial charge in [-0.2, -0.15) is 8.42 Å². The first-order valence-electron chi connectivity index (χ1n) is 4.97. The molecule has 0 aliphatic heterocycles. The normalized spacial score (nSPS) is 11.5. The van der Waals surface area contributed by atoms with Gasteiger partial charge in [0.1, 0.15) is 0 Å². The second kappa shape index (κ2) is 4.62. The second-order valence-corrected chi connectivity index (χ2v) is 6.36. The molecule has 0 fully saturated rings. The molecule has 18 heavy (non-hydrogen) atoms. The van der Waals surface area contributed by atoms with E-state index in [0.29, 0.717) is 0 Å². The minimum absolute atomic E-state index is 0.204. The van der Waals surface area contributed by atoms with Gasteiger partial charge in [0.15, 0.2) is 10.9 Å². The quantitative estimate of drug-likeness (QED) is 0.938. The molecule has 0 spiro atoms. The first-order chi connectivity index (χ1) is 8.40. The van der Waals surface area contributed by atoms with Crippen molar-refractivity contribution in [2.24, 2.45) is 0 Å². The Morgan fingerprint density at radius 3 is 2.67 bits per heavy atom. The Bertz CT molecular complexity index is 663. The lowest BCUT2D eigenvalue weighted by Gasteiger charge is -2.04. The largest absolute Gasteiger partial charge is 0.284 e. The maximum Gasteiger partial charge on any atom is 0.284 e. The minimum atomic E-state index is -4.04. The Labute approximate surface area is 108 Å². The summed E-state index contributed by atoms with van der Waals surface area (Å²) < 4.78 is 39.4. The van der Waals surface area contributed by atoms with Crippen LogP contribution in [0.4, 0.5) is 9.52 Å². The fraction of sp³-hybridized carbons (Fsp3) is 0.200. The van der Waals surface area contributed by atoms with Crippen molar-refractivity contribution in [3.8, 4) is 0 Å². The standard InChI is InChI=1S/C10H10FN3O2S2/c1-6-7(2)17-10(13-6)14-18(15,16)9-8(11)4-3-5-12-9/h3-5H,1-2H3,(H,13,14). The summed E-state index contributed by atoms with van der Waals surface area (Å²) in [5.41, 5.74) is 0.735. The predicted octanol–water partition coefficient (Wildman–Crippen LogP) is 2.09. The van der Waals surface area contributed by atoms with Gasteiger partial charge < -0.3 is 0 Å². The summed E-state index contributed by atoms with van der Waals surface area (Å²) in [6.07, 6.45) is 1.22. The van der Waals surface area contributed by atoms with Gasteiger partial charge in [-0.3, -0.25) is 4.72 Å². The molecule has 1 N–H and O–H groups in total. The lowest BCUT2D eigenvalue weighted by Crippen LogP contribution is -2.16. The molecule has 2 rings (SSSR count). The van der Waals surface area contributed by atoms with Gasteiger partial charge in [-0.05, 0) is 26.0 Å². The SMILES string of the molecule is Cc1nc(NS(=O)(=O)c2ncccc2F)sc1C. The van der Waals surface area contributed by atoms with E-state index < -0.39 is 20.9 Å². The molecule has 0 aliphatic rings. The van der Waals surface area contributed by atoms with E-state index in [2.05, 4.69) is 14.7 Å². The molecule has 0 atom stereocenters. The number of hydrogen-bond donors (Lipinski definition) is 1. The third-order valence-corrected chi connectivity index (χ3v) is 4.62. The average Bonchev–Trinajstić information content (AvgIpc) is 2.57. The molecule has 0 amide bonds. The Morgan fingerprint density at radius 2 is 2.11 bits per heavy atom. The van der Waals surface area contributed by atoms with E-state index in [9.17, 15) is 12.8 Å². The van der Waals surface area contributed by atoms with Crippen molar-refractivity contribution in [3.63, 3.8) is 0 Å². The fourth-order valence-corrected chi connectivity index (χ4v) is 3.31. The predicted molar refractivity (Wildman–Crippen MR) is 66.6 cm³/mol. The third-order valence-electron chi connectivity index (χ3n) is 2.23. The molecule has 2 aromatic heterocycles. The van der Waals surface area contributed by atoms with Crippen LogP contribution < -0.4 is 4.72 Å². The zero-order valence-corrected chi connectivity index (χ0v) is 11.3. The van der Waals surface area contributed by atoms with Gasteiger partial charge >= 0.3 is 0 Å². The number of aryl methyl sites for hydroxylation is 2. The van der Waals surface area contributed by atoms with Crippen molar-refractivity contribution in [2.45, 2.75) is 18.9 Å². The number of pyridine rings is 1. The van der Waals surface area contributed by atoms with E-state index in [0.717, 1.165) is 16.6 Å². The molecule has 0 unspecified atom stereocenters. The number of nitrogens with zero attached hydrogens (tertiary/aromatic N) is 2. The molecule has 0 radical (unpaired) electrons. The van der Waals surface area contributed by atoms with E-state index >= 15 is 0 Å². The highest BCUT2D eigenvalue weighted by atomic mass is 32.2. The van der Waals surface area contributed by atoms with Gasteiger partial charge in [0.2, 0.25) is 5.03 Å².